The lowest BCUT2D eigenvalue weighted by Gasteiger charge is -2.15. The van der Waals surface area contributed by atoms with E-state index in [2.05, 4.69) is 50.4 Å². The van der Waals surface area contributed by atoms with E-state index in [0.29, 0.717) is 0 Å². The molecule has 1 rings (SSSR count). The highest BCUT2D eigenvalue weighted by Crippen LogP contribution is 2.14. The molecule has 2 heteroatoms. The standard InChI is InChI=1S/C19H33NO/c1-4-7-9-17(6-3)15-20-16-18-10-12-19(13-11-18)21-14-8-5-2/h10-13,17,20H,4-9,14-16H2,1-3H3. The first-order valence-corrected chi connectivity index (χ1v) is 8.72. The average Bonchev–Trinajstić information content (AvgIpc) is 2.52. The second kappa shape index (κ2) is 11.6. The highest BCUT2D eigenvalue weighted by atomic mass is 16.5. The molecule has 0 saturated carbocycles. The number of rotatable bonds is 12. The van der Waals surface area contributed by atoms with Crippen molar-refractivity contribution >= 4 is 0 Å². The minimum Gasteiger partial charge on any atom is -0.494 e. The molecule has 1 unspecified atom stereocenters. The van der Waals surface area contributed by atoms with Gasteiger partial charge in [0.05, 0.1) is 6.61 Å². The molecule has 0 saturated heterocycles. The molecule has 0 radical (unpaired) electrons. The van der Waals surface area contributed by atoms with Crippen molar-refractivity contribution in [2.75, 3.05) is 13.2 Å². The molecule has 1 N–H and O–H groups in total. The topological polar surface area (TPSA) is 21.3 Å². The van der Waals surface area contributed by atoms with Crippen molar-refractivity contribution in [1.29, 1.82) is 0 Å². The normalized spacial score (nSPS) is 12.3. The summed E-state index contributed by atoms with van der Waals surface area (Å²) in [7, 11) is 0. The molecule has 1 aromatic carbocycles. The van der Waals surface area contributed by atoms with Crippen molar-refractivity contribution in [3.05, 3.63) is 29.8 Å². The van der Waals surface area contributed by atoms with Crippen LogP contribution in [0.3, 0.4) is 0 Å². The van der Waals surface area contributed by atoms with Gasteiger partial charge in [0, 0.05) is 6.54 Å². The number of benzene rings is 1. The highest BCUT2D eigenvalue weighted by molar-refractivity contribution is 5.27. The van der Waals surface area contributed by atoms with Crippen LogP contribution in [0, 0.1) is 5.92 Å². The minimum atomic E-state index is 0.821. The van der Waals surface area contributed by atoms with E-state index in [1.54, 1.807) is 0 Å². The van der Waals surface area contributed by atoms with E-state index in [-0.39, 0.29) is 0 Å². The fourth-order valence-electron chi connectivity index (χ4n) is 2.40. The van der Waals surface area contributed by atoms with Crippen LogP contribution in [-0.4, -0.2) is 13.2 Å². The zero-order chi connectivity index (χ0) is 15.3. The minimum absolute atomic E-state index is 0.821. The summed E-state index contributed by atoms with van der Waals surface area (Å²) in [5.41, 5.74) is 1.34. The quantitative estimate of drug-likeness (QED) is 0.536. The van der Waals surface area contributed by atoms with Crippen LogP contribution in [0.2, 0.25) is 0 Å². The Morgan fingerprint density at radius 2 is 1.71 bits per heavy atom. The third-order valence-corrected chi connectivity index (χ3v) is 4.00. The summed E-state index contributed by atoms with van der Waals surface area (Å²) in [6.45, 7) is 9.66. The maximum absolute atomic E-state index is 5.69. The predicted molar refractivity (Wildman–Crippen MR) is 91.9 cm³/mol. The van der Waals surface area contributed by atoms with E-state index >= 15 is 0 Å². The molecule has 2 nitrogen and oxygen atoms in total. The summed E-state index contributed by atoms with van der Waals surface area (Å²) in [6.07, 6.45) is 7.58. The highest BCUT2D eigenvalue weighted by Gasteiger charge is 2.05. The largest absolute Gasteiger partial charge is 0.494 e. The summed E-state index contributed by atoms with van der Waals surface area (Å²) in [5, 5.41) is 3.59. The molecule has 0 heterocycles. The van der Waals surface area contributed by atoms with E-state index in [1.165, 1.54) is 37.7 Å². The van der Waals surface area contributed by atoms with Gasteiger partial charge in [-0.1, -0.05) is 58.6 Å². The van der Waals surface area contributed by atoms with E-state index in [1.807, 2.05) is 0 Å². The third kappa shape index (κ3) is 8.11. The number of nitrogens with one attached hydrogen (secondary N) is 1. The molecule has 0 aliphatic rings. The van der Waals surface area contributed by atoms with Crippen LogP contribution in [0.25, 0.3) is 0 Å². The zero-order valence-corrected chi connectivity index (χ0v) is 14.2. The van der Waals surface area contributed by atoms with E-state index in [4.69, 9.17) is 4.74 Å². The Balaban J connectivity index is 2.25. The van der Waals surface area contributed by atoms with Crippen LogP contribution in [-0.2, 0) is 6.54 Å². The molecule has 0 spiro atoms. The average molecular weight is 291 g/mol. The Kier molecular flexibility index (Phi) is 9.98. The van der Waals surface area contributed by atoms with Crippen LogP contribution in [0.5, 0.6) is 5.75 Å². The van der Waals surface area contributed by atoms with Gasteiger partial charge in [-0.3, -0.25) is 0 Å². The lowest BCUT2D eigenvalue weighted by atomic mass is 9.99. The van der Waals surface area contributed by atoms with Crippen molar-refractivity contribution in [3.63, 3.8) is 0 Å². The van der Waals surface area contributed by atoms with Crippen molar-refractivity contribution in [3.8, 4) is 5.75 Å². The predicted octanol–water partition coefficient (Wildman–Crippen LogP) is 5.17. The van der Waals surface area contributed by atoms with Crippen LogP contribution in [0.15, 0.2) is 24.3 Å². The molecular weight excluding hydrogens is 258 g/mol. The van der Waals surface area contributed by atoms with E-state index in [0.717, 1.165) is 37.8 Å². The van der Waals surface area contributed by atoms with Crippen molar-refractivity contribution < 1.29 is 4.74 Å². The van der Waals surface area contributed by atoms with Gasteiger partial charge >= 0.3 is 0 Å². The number of hydrogen-bond acceptors (Lipinski definition) is 2. The van der Waals surface area contributed by atoms with Gasteiger partial charge in [-0.15, -0.1) is 0 Å². The van der Waals surface area contributed by atoms with E-state index in [9.17, 15) is 0 Å². The van der Waals surface area contributed by atoms with Crippen LogP contribution < -0.4 is 10.1 Å². The van der Waals surface area contributed by atoms with Gasteiger partial charge in [0.1, 0.15) is 5.75 Å². The van der Waals surface area contributed by atoms with Gasteiger partial charge in [0.25, 0.3) is 0 Å². The summed E-state index contributed by atoms with van der Waals surface area (Å²) < 4.78 is 5.69. The lowest BCUT2D eigenvalue weighted by molar-refractivity contribution is 0.309. The molecule has 0 aliphatic heterocycles. The molecule has 1 atom stereocenters. The van der Waals surface area contributed by atoms with Crippen molar-refractivity contribution in [1.82, 2.24) is 5.32 Å². The molecular formula is C19H33NO. The van der Waals surface area contributed by atoms with Crippen LogP contribution in [0.1, 0.15) is 64.9 Å². The summed E-state index contributed by atoms with van der Waals surface area (Å²) in [6, 6.07) is 8.50. The fraction of sp³-hybridized carbons (Fsp3) is 0.684. The molecule has 0 amide bonds. The Hall–Kier alpha value is -1.02. The van der Waals surface area contributed by atoms with Gasteiger partial charge in [-0.25, -0.2) is 0 Å². The van der Waals surface area contributed by atoms with Crippen LogP contribution >= 0.6 is 0 Å². The maximum Gasteiger partial charge on any atom is 0.119 e. The molecule has 0 bridgehead atoms. The summed E-state index contributed by atoms with van der Waals surface area (Å²) in [5.74, 6) is 1.81. The van der Waals surface area contributed by atoms with Gasteiger partial charge < -0.3 is 10.1 Å². The summed E-state index contributed by atoms with van der Waals surface area (Å²) in [4.78, 5) is 0. The smallest absolute Gasteiger partial charge is 0.119 e. The first-order valence-electron chi connectivity index (χ1n) is 8.72. The molecule has 0 aromatic heterocycles. The number of ether oxygens (including phenoxy) is 1. The van der Waals surface area contributed by atoms with Gasteiger partial charge in [0.2, 0.25) is 0 Å². The third-order valence-electron chi connectivity index (χ3n) is 4.00. The molecule has 1 aromatic rings. The number of hydrogen-bond donors (Lipinski definition) is 1. The Morgan fingerprint density at radius 3 is 2.33 bits per heavy atom. The van der Waals surface area contributed by atoms with Gasteiger partial charge in [-0.05, 0) is 43.0 Å². The first-order chi connectivity index (χ1) is 10.3. The Bertz CT molecular complexity index is 347. The second-order valence-corrected chi connectivity index (χ2v) is 5.89. The van der Waals surface area contributed by atoms with Crippen molar-refractivity contribution in [2.24, 2.45) is 5.92 Å². The van der Waals surface area contributed by atoms with E-state index < -0.39 is 0 Å². The first kappa shape index (κ1) is 18.0. The van der Waals surface area contributed by atoms with Crippen LogP contribution in [0.4, 0.5) is 0 Å². The lowest BCUT2D eigenvalue weighted by Crippen LogP contribution is -2.22. The molecule has 21 heavy (non-hydrogen) atoms. The maximum atomic E-state index is 5.69. The molecule has 0 fully saturated rings. The SMILES string of the molecule is CCCCOc1ccc(CNCC(CC)CCCC)cc1. The molecule has 0 aliphatic carbocycles. The molecule has 120 valence electrons. The van der Waals surface area contributed by atoms with Gasteiger partial charge in [0.15, 0.2) is 0 Å². The van der Waals surface area contributed by atoms with Crippen molar-refractivity contribution in [2.45, 2.75) is 65.8 Å². The zero-order valence-electron chi connectivity index (χ0n) is 14.2. The summed E-state index contributed by atoms with van der Waals surface area (Å²) >= 11 is 0. The number of unbranched alkanes of at least 4 members (excludes halogenated alkanes) is 2. The second-order valence-electron chi connectivity index (χ2n) is 5.89. The van der Waals surface area contributed by atoms with Gasteiger partial charge in [-0.2, -0.15) is 0 Å². The Morgan fingerprint density at radius 1 is 1.00 bits per heavy atom. The fourth-order valence-corrected chi connectivity index (χ4v) is 2.40. The Labute approximate surface area is 131 Å². The monoisotopic (exact) mass is 291 g/mol.